The second kappa shape index (κ2) is 12.8. The second-order valence-electron chi connectivity index (χ2n) is 7.25. The Kier molecular flexibility index (Phi) is 10.5. The van der Waals surface area contributed by atoms with Crippen molar-refractivity contribution in [3.8, 4) is 0 Å². The number of guanidine groups is 1. The summed E-state index contributed by atoms with van der Waals surface area (Å²) < 4.78 is 5.46. The molecule has 29 heavy (non-hydrogen) atoms. The first-order chi connectivity index (χ1) is 13.7. The molecule has 0 spiro atoms. The van der Waals surface area contributed by atoms with Crippen LogP contribution < -0.4 is 10.6 Å². The molecule has 0 radical (unpaired) electrons. The van der Waals surface area contributed by atoms with E-state index in [-0.39, 0.29) is 24.0 Å². The molecule has 3 rings (SSSR count). The number of rotatable bonds is 7. The molecular weight excluding hydrogens is 475 g/mol. The van der Waals surface area contributed by atoms with Gasteiger partial charge < -0.3 is 15.4 Å². The molecule has 1 heterocycles. The molecule has 1 fully saturated rings. The summed E-state index contributed by atoms with van der Waals surface area (Å²) in [5, 5.41) is 6.87. The molecule has 6 heteroatoms. The lowest BCUT2D eigenvalue weighted by Crippen LogP contribution is -2.38. The highest BCUT2D eigenvalue weighted by molar-refractivity contribution is 14.0. The van der Waals surface area contributed by atoms with Crippen LogP contribution in [0.2, 0.25) is 0 Å². The molecule has 0 saturated carbocycles. The van der Waals surface area contributed by atoms with E-state index in [4.69, 9.17) is 4.74 Å². The Bertz CT molecular complexity index is 758. The fourth-order valence-electron chi connectivity index (χ4n) is 3.36. The van der Waals surface area contributed by atoms with Gasteiger partial charge in [0, 0.05) is 39.8 Å². The van der Waals surface area contributed by atoms with E-state index >= 15 is 0 Å². The van der Waals surface area contributed by atoms with Crippen LogP contribution in [0.3, 0.4) is 0 Å². The Morgan fingerprint density at radius 3 is 2.38 bits per heavy atom. The number of aliphatic imine (C=N–C) groups is 1. The predicted octanol–water partition coefficient (Wildman–Crippen LogP) is 3.35. The monoisotopic (exact) mass is 508 g/mol. The number of benzene rings is 2. The van der Waals surface area contributed by atoms with Crippen molar-refractivity contribution in [2.24, 2.45) is 4.99 Å². The molecule has 5 nitrogen and oxygen atoms in total. The summed E-state index contributed by atoms with van der Waals surface area (Å²) in [5.41, 5.74) is 5.32. The average molecular weight is 508 g/mol. The minimum atomic E-state index is 0. The lowest BCUT2D eigenvalue weighted by Gasteiger charge is -2.27. The Morgan fingerprint density at radius 2 is 1.69 bits per heavy atom. The summed E-state index contributed by atoms with van der Waals surface area (Å²) >= 11 is 0. The molecule has 0 unspecified atom stereocenters. The van der Waals surface area contributed by atoms with E-state index in [1.165, 1.54) is 22.3 Å². The number of nitrogens with zero attached hydrogens (tertiary/aromatic N) is 2. The van der Waals surface area contributed by atoms with Crippen molar-refractivity contribution < 1.29 is 4.74 Å². The Balaban J connectivity index is 0.00000300. The van der Waals surface area contributed by atoms with Crippen LogP contribution in [-0.4, -0.2) is 50.8 Å². The highest BCUT2D eigenvalue weighted by Crippen LogP contribution is 2.13. The number of aryl methyl sites for hydroxylation is 1. The van der Waals surface area contributed by atoms with E-state index in [1.54, 1.807) is 0 Å². The van der Waals surface area contributed by atoms with E-state index < -0.39 is 0 Å². The summed E-state index contributed by atoms with van der Waals surface area (Å²) in [6.07, 6.45) is 0.981. The number of hydrogen-bond acceptors (Lipinski definition) is 3. The van der Waals surface area contributed by atoms with Gasteiger partial charge in [-0.1, -0.05) is 54.1 Å². The van der Waals surface area contributed by atoms with Crippen molar-refractivity contribution >= 4 is 29.9 Å². The minimum Gasteiger partial charge on any atom is -0.379 e. The van der Waals surface area contributed by atoms with Crippen molar-refractivity contribution in [3.05, 3.63) is 70.8 Å². The highest BCUT2D eigenvalue weighted by Gasteiger charge is 2.12. The predicted molar refractivity (Wildman–Crippen MR) is 131 cm³/mol. The molecule has 2 N–H and O–H groups in total. The standard InChI is InChI=1S/C23H32N4O.HI/c1-19-7-9-20(10-8-19)11-12-25-23(24-2)26-17-21-5-3-4-6-22(21)18-27-13-15-28-16-14-27;/h3-10H,11-18H2,1-2H3,(H2,24,25,26);1H. The Hall–Kier alpha value is -1.64. The third-order valence-electron chi connectivity index (χ3n) is 5.11. The SMILES string of the molecule is CN=C(NCCc1ccc(C)cc1)NCc1ccccc1CN1CCOCC1.I. The van der Waals surface area contributed by atoms with Crippen LogP contribution in [0.15, 0.2) is 53.5 Å². The number of halogens is 1. The van der Waals surface area contributed by atoms with Gasteiger partial charge in [0.1, 0.15) is 0 Å². The minimum absolute atomic E-state index is 0. The molecule has 1 aliphatic rings. The van der Waals surface area contributed by atoms with Gasteiger partial charge in [-0.25, -0.2) is 0 Å². The van der Waals surface area contributed by atoms with E-state index in [0.717, 1.165) is 58.3 Å². The average Bonchev–Trinajstić information content (AvgIpc) is 2.73. The van der Waals surface area contributed by atoms with Gasteiger partial charge in [0.2, 0.25) is 0 Å². The molecule has 0 aliphatic carbocycles. The van der Waals surface area contributed by atoms with Gasteiger partial charge in [0.05, 0.1) is 13.2 Å². The molecule has 0 amide bonds. The van der Waals surface area contributed by atoms with Crippen LogP contribution in [0, 0.1) is 6.92 Å². The largest absolute Gasteiger partial charge is 0.379 e. The van der Waals surface area contributed by atoms with Crippen molar-refractivity contribution in [2.45, 2.75) is 26.4 Å². The summed E-state index contributed by atoms with van der Waals surface area (Å²) in [6.45, 7) is 8.39. The van der Waals surface area contributed by atoms with Crippen LogP contribution in [0.1, 0.15) is 22.3 Å². The van der Waals surface area contributed by atoms with Crippen LogP contribution in [0.5, 0.6) is 0 Å². The fourth-order valence-corrected chi connectivity index (χ4v) is 3.36. The maximum absolute atomic E-state index is 5.46. The summed E-state index contributed by atoms with van der Waals surface area (Å²) in [4.78, 5) is 6.82. The Morgan fingerprint density at radius 1 is 1.00 bits per heavy atom. The van der Waals surface area contributed by atoms with Crippen LogP contribution in [-0.2, 0) is 24.2 Å². The molecule has 2 aromatic carbocycles. The van der Waals surface area contributed by atoms with Crippen LogP contribution in [0.4, 0.5) is 0 Å². The number of ether oxygens (including phenoxy) is 1. The van der Waals surface area contributed by atoms with E-state index in [9.17, 15) is 0 Å². The van der Waals surface area contributed by atoms with Gasteiger partial charge in [-0.05, 0) is 30.0 Å². The van der Waals surface area contributed by atoms with Crippen LogP contribution in [0.25, 0.3) is 0 Å². The third-order valence-corrected chi connectivity index (χ3v) is 5.11. The number of morpholine rings is 1. The topological polar surface area (TPSA) is 48.9 Å². The van der Waals surface area contributed by atoms with Crippen molar-refractivity contribution in [3.63, 3.8) is 0 Å². The van der Waals surface area contributed by atoms with Gasteiger partial charge in [0.15, 0.2) is 5.96 Å². The maximum Gasteiger partial charge on any atom is 0.191 e. The molecule has 0 atom stereocenters. The second-order valence-corrected chi connectivity index (χ2v) is 7.25. The highest BCUT2D eigenvalue weighted by atomic mass is 127. The zero-order valence-electron chi connectivity index (χ0n) is 17.5. The summed E-state index contributed by atoms with van der Waals surface area (Å²) in [5.74, 6) is 0.841. The smallest absolute Gasteiger partial charge is 0.191 e. The van der Waals surface area contributed by atoms with Crippen LogP contribution >= 0.6 is 24.0 Å². The molecule has 158 valence electrons. The first kappa shape index (κ1) is 23.6. The normalized spacial score (nSPS) is 14.9. The molecule has 1 saturated heterocycles. The quantitative estimate of drug-likeness (QED) is 0.342. The van der Waals surface area contributed by atoms with Crippen molar-refractivity contribution in [2.75, 3.05) is 39.9 Å². The van der Waals surface area contributed by atoms with Gasteiger partial charge in [-0.2, -0.15) is 0 Å². The van der Waals surface area contributed by atoms with Crippen molar-refractivity contribution in [1.29, 1.82) is 0 Å². The third kappa shape index (κ3) is 7.95. The van der Waals surface area contributed by atoms with Gasteiger partial charge in [-0.3, -0.25) is 9.89 Å². The van der Waals surface area contributed by atoms with Gasteiger partial charge in [-0.15, -0.1) is 24.0 Å². The zero-order valence-corrected chi connectivity index (χ0v) is 19.8. The van der Waals surface area contributed by atoms with E-state index in [2.05, 4.69) is 76.0 Å². The van der Waals surface area contributed by atoms with Crippen molar-refractivity contribution in [1.82, 2.24) is 15.5 Å². The van der Waals surface area contributed by atoms with E-state index in [0.29, 0.717) is 0 Å². The van der Waals surface area contributed by atoms with E-state index in [1.807, 2.05) is 7.05 Å². The zero-order chi connectivity index (χ0) is 19.6. The summed E-state index contributed by atoms with van der Waals surface area (Å²) in [7, 11) is 1.82. The molecule has 0 bridgehead atoms. The molecule has 2 aromatic rings. The first-order valence-corrected chi connectivity index (χ1v) is 10.1. The lowest BCUT2D eigenvalue weighted by molar-refractivity contribution is 0.0341. The van der Waals surface area contributed by atoms with Gasteiger partial charge in [0.25, 0.3) is 0 Å². The fraction of sp³-hybridized carbons (Fsp3) is 0.435. The molecule has 1 aliphatic heterocycles. The number of hydrogen-bond donors (Lipinski definition) is 2. The lowest BCUT2D eigenvalue weighted by atomic mass is 10.1. The summed E-state index contributed by atoms with van der Waals surface area (Å²) in [6, 6.07) is 17.3. The molecule has 0 aromatic heterocycles. The van der Waals surface area contributed by atoms with Gasteiger partial charge >= 0.3 is 0 Å². The molecular formula is C23H33IN4O. The number of nitrogens with one attached hydrogen (secondary N) is 2. The first-order valence-electron chi connectivity index (χ1n) is 10.1. The Labute approximate surface area is 192 Å². The maximum atomic E-state index is 5.46.